The summed E-state index contributed by atoms with van der Waals surface area (Å²) >= 11 is 5.95. The van der Waals surface area contributed by atoms with Crippen LogP contribution in [0.3, 0.4) is 0 Å². The van der Waals surface area contributed by atoms with Crippen molar-refractivity contribution in [2.45, 2.75) is 58.2 Å². The fourth-order valence-electron chi connectivity index (χ4n) is 3.64. The molecule has 2 heterocycles. The van der Waals surface area contributed by atoms with Crippen LogP contribution >= 0.6 is 11.6 Å². The standard InChI is InChI=1S/C21H29ClN6O2/c1-4-5-6-7-8-13-28-17-18(27(3)21(30)24-19(17)29)23-20(28)26-25-14(2)15-9-11-16(22)12-10-15/h9-12,17-18H,4-8,13H2,1-3H3,(H,23,26)(H,24,29,30)/b25-14-. The predicted octanol–water partition coefficient (Wildman–Crippen LogP) is 3.17. The highest BCUT2D eigenvalue weighted by atomic mass is 35.5. The minimum absolute atomic E-state index is 0.324. The summed E-state index contributed by atoms with van der Waals surface area (Å²) in [4.78, 5) is 32.6. The maximum absolute atomic E-state index is 12.6. The van der Waals surface area contributed by atoms with E-state index in [0.717, 1.165) is 30.5 Å². The van der Waals surface area contributed by atoms with Crippen molar-refractivity contribution in [1.82, 2.24) is 20.5 Å². The van der Waals surface area contributed by atoms with Crippen LogP contribution in [-0.2, 0) is 4.79 Å². The lowest BCUT2D eigenvalue weighted by atomic mass is 10.1. The van der Waals surface area contributed by atoms with E-state index in [9.17, 15) is 9.59 Å². The zero-order chi connectivity index (χ0) is 21.7. The van der Waals surface area contributed by atoms with Crippen LogP contribution < -0.4 is 10.7 Å². The summed E-state index contributed by atoms with van der Waals surface area (Å²) in [6.07, 6.45) is 5.00. The van der Waals surface area contributed by atoms with Crippen LogP contribution in [0.15, 0.2) is 34.4 Å². The fourth-order valence-corrected chi connectivity index (χ4v) is 3.76. The second-order valence-corrected chi connectivity index (χ2v) is 8.08. The van der Waals surface area contributed by atoms with Gasteiger partial charge in [0, 0.05) is 18.6 Å². The second-order valence-electron chi connectivity index (χ2n) is 7.64. The number of hydrogen-bond acceptors (Lipinski definition) is 6. The lowest BCUT2D eigenvalue weighted by Crippen LogP contribution is -2.64. The van der Waals surface area contributed by atoms with Crippen molar-refractivity contribution in [3.63, 3.8) is 0 Å². The number of nitrogens with one attached hydrogen (secondary N) is 2. The Morgan fingerprint density at radius 2 is 1.90 bits per heavy atom. The number of nitrogens with zero attached hydrogens (tertiary/aromatic N) is 4. The molecule has 0 spiro atoms. The number of rotatable bonds is 8. The van der Waals surface area contributed by atoms with Crippen molar-refractivity contribution in [3.8, 4) is 0 Å². The van der Waals surface area contributed by atoms with E-state index in [2.05, 4.69) is 27.8 Å². The van der Waals surface area contributed by atoms with E-state index in [1.807, 2.05) is 36.1 Å². The Morgan fingerprint density at radius 3 is 2.60 bits per heavy atom. The molecule has 1 aromatic rings. The number of likely N-dealkylation sites (N-methyl/N-ethyl adjacent to an activating group) is 1. The minimum atomic E-state index is -0.560. The monoisotopic (exact) mass is 432 g/mol. The predicted molar refractivity (Wildman–Crippen MR) is 119 cm³/mol. The van der Waals surface area contributed by atoms with E-state index in [4.69, 9.17) is 11.6 Å². The van der Waals surface area contributed by atoms with Gasteiger partial charge in [-0.15, -0.1) is 0 Å². The van der Waals surface area contributed by atoms with Gasteiger partial charge in [0.15, 0.2) is 12.2 Å². The number of aliphatic imine (C=N–C) groups is 1. The SMILES string of the molecule is CCCCCCCN1C(N/N=C(/C)c2ccc(Cl)cc2)=NC2C1C(=O)NC(=O)N2C. The first-order valence-corrected chi connectivity index (χ1v) is 10.8. The van der Waals surface area contributed by atoms with Gasteiger partial charge < -0.3 is 9.80 Å². The number of carbonyl (C=O) groups is 2. The lowest BCUT2D eigenvalue weighted by Gasteiger charge is -2.36. The highest BCUT2D eigenvalue weighted by Gasteiger charge is 2.48. The lowest BCUT2D eigenvalue weighted by molar-refractivity contribution is -0.127. The van der Waals surface area contributed by atoms with Crippen LogP contribution in [0.4, 0.5) is 4.79 Å². The summed E-state index contributed by atoms with van der Waals surface area (Å²) in [6.45, 7) is 4.73. The number of unbranched alkanes of at least 4 members (excludes halogenated alkanes) is 4. The number of carbonyl (C=O) groups excluding carboxylic acids is 2. The van der Waals surface area contributed by atoms with Crippen molar-refractivity contribution < 1.29 is 9.59 Å². The third-order valence-electron chi connectivity index (χ3n) is 5.45. The van der Waals surface area contributed by atoms with Gasteiger partial charge in [-0.05, 0) is 31.0 Å². The van der Waals surface area contributed by atoms with Crippen LogP contribution in [0, 0.1) is 0 Å². The number of halogens is 1. The van der Waals surface area contributed by atoms with Crippen LogP contribution in [-0.4, -0.2) is 59.2 Å². The van der Waals surface area contributed by atoms with E-state index < -0.39 is 18.2 Å². The summed E-state index contributed by atoms with van der Waals surface area (Å²) in [5.41, 5.74) is 4.72. The average molecular weight is 433 g/mol. The molecule has 2 unspecified atom stereocenters. The Morgan fingerprint density at radius 1 is 1.20 bits per heavy atom. The normalized spacial score (nSPS) is 21.5. The Labute approximate surface area is 182 Å². The molecule has 162 valence electrons. The van der Waals surface area contributed by atoms with Gasteiger partial charge in [0.1, 0.15) is 0 Å². The molecule has 1 fully saturated rings. The molecule has 3 amide bonds. The third-order valence-corrected chi connectivity index (χ3v) is 5.70. The number of amides is 3. The molecular weight excluding hydrogens is 404 g/mol. The van der Waals surface area contributed by atoms with E-state index in [1.54, 1.807) is 7.05 Å². The summed E-state index contributed by atoms with van der Waals surface area (Å²) < 4.78 is 0. The smallest absolute Gasteiger partial charge is 0.325 e. The molecule has 2 aliphatic heterocycles. The Kier molecular flexibility index (Phi) is 7.31. The molecule has 8 nitrogen and oxygen atoms in total. The quantitative estimate of drug-likeness (QED) is 0.375. The Hall–Kier alpha value is -2.61. The van der Waals surface area contributed by atoms with Gasteiger partial charge in [0.2, 0.25) is 5.96 Å². The van der Waals surface area contributed by atoms with Gasteiger partial charge >= 0.3 is 6.03 Å². The third kappa shape index (κ3) is 4.92. The van der Waals surface area contributed by atoms with Gasteiger partial charge in [-0.2, -0.15) is 5.10 Å². The molecular formula is C21H29ClN6O2. The van der Waals surface area contributed by atoms with Gasteiger partial charge in [-0.3, -0.25) is 10.1 Å². The number of guanidine groups is 1. The molecule has 2 N–H and O–H groups in total. The molecule has 0 aliphatic carbocycles. The van der Waals surface area contributed by atoms with Crippen molar-refractivity contribution >= 4 is 35.2 Å². The second kappa shape index (κ2) is 9.93. The molecule has 3 rings (SSSR count). The topological polar surface area (TPSA) is 89.4 Å². The van der Waals surface area contributed by atoms with Crippen molar-refractivity contribution in [3.05, 3.63) is 34.9 Å². The van der Waals surface area contributed by atoms with Crippen LogP contribution in [0.1, 0.15) is 51.5 Å². The van der Waals surface area contributed by atoms with E-state index >= 15 is 0 Å². The highest BCUT2D eigenvalue weighted by molar-refractivity contribution is 6.30. The summed E-state index contributed by atoms with van der Waals surface area (Å²) in [5, 5.41) is 7.54. The Balaban J connectivity index is 1.76. The van der Waals surface area contributed by atoms with Gasteiger partial charge in [-0.1, -0.05) is 56.3 Å². The first-order valence-electron chi connectivity index (χ1n) is 10.4. The minimum Gasteiger partial charge on any atom is -0.326 e. The number of fused-ring (bicyclic) bond motifs is 1. The summed E-state index contributed by atoms with van der Waals surface area (Å²) in [5.74, 6) is 0.182. The molecule has 1 aromatic carbocycles. The number of benzene rings is 1. The molecule has 2 aliphatic rings. The van der Waals surface area contributed by atoms with Crippen molar-refractivity contribution in [2.75, 3.05) is 13.6 Å². The maximum atomic E-state index is 12.6. The van der Waals surface area contributed by atoms with Crippen molar-refractivity contribution in [1.29, 1.82) is 0 Å². The molecule has 0 radical (unpaired) electrons. The van der Waals surface area contributed by atoms with Crippen LogP contribution in [0.5, 0.6) is 0 Å². The molecule has 30 heavy (non-hydrogen) atoms. The molecule has 0 aromatic heterocycles. The molecule has 2 atom stereocenters. The number of imide groups is 1. The maximum Gasteiger partial charge on any atom is 0.325 e. The largest absolute Gasteiger partial charge is 0.326 e. The number of urea groups is 1. The van der Waals surface area contributed by atoms with Crippen LogP contribution in [0.2, 0.25) is 5.02 Å². The molecule has 0 saturated carbocycles. The average Bonchev–Trinajstić information content (AvgIpc) is 3.10. The van der Waals surface area contributed by atoms with Gasteiger partial charge in [-0.25, -0.2) is 15.2 Å². The van der Waals surface area contributed by atoms with Gasteiger partial charge in [0.25, 0.3) is 5.91 Å². The van der Waals surface area contributed by atoms with E-state index in [1.165, 1.54) is 17.7 Å². The van der Waals surface area contributed by atoms with Gasteiger partial charge in [0.05, 0.1) is 5.71 Å². The number of hydrazone groups is 1. The zero-order valence-electron chi connectivity index (χ0n) is 17.7. The zero-order valence-corrected chi connectivity index (χ0v) is 18.4. The van der Waals surface area contributed by atoms with E-state index in [-0.39, 0.29) is 5.91 Å². The van der Waals surface area contributed by atoms with E-state index in [0.29, 0.717) is 17.5 Å². The fraction of sp³-hybridized carbons (Fsp3) is 0.524. The first-order chi connectivity index (χ1) is 14.4. The van der Waals surface area contributed by atoms with Crippen LogP contribution in [0.25, 0.3) is 0 Å². The summed E-state index contributed by atoms with van der Waals surface area (Å²) in [7, 11) is 1.65. The molecule has 9 heteroatoms. The summed E-state index contributed by atoms with van der Waals surface area (Å²) in [6, 6.07) is 6.42. The Bertz CT molecular complexity index is 838. The highest BCUT2D eigenvalue weighted by Crippen LogP contribution is 2.24. The van der Waals surface area contributed by atoms with Crippen molar-refractivity contribution in [2.24, 2.45) is 10.1 Å². The molecule has 0 bridgehead atoms. The first kappa shape index (κ1) is 22.1. The number of hydrogen-bond donors (Lipinski definition) is 2. The molecule has 1 saturated heterocycles.